The molecule has 31 heavy (non-hydrogen) atoms. The summed E-state index contributed by atoms with van der Waals surface area (Å²) in [6, 6.07) is 25.3. The van der Waals surface area contributed by atoms with Crippen LogP contribution in [-0.2, 0) is 0 Å². The lowest BCUT2D eigenvalue weighted by molar-refractivity contribution is 0.396. The Bertz CT molecular complexity index is 1450. The molecule has 5 rings (SSSR count). The summed E-state index contributed by atoms with van der Waals surface area (Å²) in [7, 11) is 0. The number of fused-ring (bicyclic) bond motifs is 3. The van der Waals surface area contributed by atoms with Crippen molar-refractivity contribution < 1.29 is 9.84 Å². The van der Waals surface area contributed by atoms with Crippen LogP contribution in [0, 0.1) is 11.3 Å². The van der Waals surface area contributed by atoms with Crippen molar-refractivity contribution in [3.8, 4) is 23.3 Å². The van der Waals surface area contributed by atoms with Crippen molar-refractivity contribution in [3.05, 3.63) is 112 Å². The fourth-order valence-electron chi connectivity index (χ4n) is 4.10. The third kappa shape index (κ3) is 2.83. The molecule has 0 bridgehead atoms. The zero-order valence-electron chi connectivity index (χ0n) is 16.3. The number of aromatic hydroxyl groups is 1. The summed E-state index contributed by atoms with van der Waals surface area (Å²) < 4.78 is 7.49. The molecular weight excluding hydrogens is 390 g/mol. The predicted molar refractivity (Wildman–Crippen MR) is 117 cm³/mol. The second-order valence-corrected chi connectivity index (χ2v) is 7.25. The van der Waals surface area contributed by atoms with Crippen LogP contribution in [-0.4, -0.2) is 9.67 Å². The van der Waals surface area contributed by atoms with E-state index < -0.39 is 5.92 Å². The van der Waals surface area contributed by atoms with E-state index in [0.29, 0.717) is 33.5 Å². The van der Waals surface area contributed by atoms with Crippen LogP contribution in [0.5, 0.6) is 11.5 Å². The van der Waals surface area contributed by atoms with E-state index in [0.717, 1.165) is 0 Å². The highest BCUT2D eigenvalue weighted by molar-refractivity contribution is 5.89. The van der Waals surface area contributed by atoms with Gasteiger partial charge >= 0.3 is 0 Å². The third-order valence-corrected chi connectivity index (χ3v) is 5.48. The Labute approximate surface area is 177 Å². The van der Waals surface area contributed by atoms with Gasteiger partial charge in [-0.05, 0) is 42.0 Å². The normalized spacial score (nSPS) is 15.3. The first kappa shape index (κ1) is 18.5. The van der Waals surface area contributed by atoms with Crippen LogP contribution in [0.1, 0.15) is 17.0 Å². The first-order chi connectivity index (χ1) is 15.1. The molecule has 0 saturated carbocycles. The van der Waals surface area contributed by atoms with Crippen LogP contribution in [0.4, 0.5) is 0 Å². The summed E-state index contributed by atoms with van der Waals surface area (Å²) >= 11 is 0. The van der Waals surface area contributed by atoms with Gasteiger partial charge in [0.2, 0.25) is 5.88 Å². The van der Waals surface area contributed by atoms with Crippen molar-refractivity contribution >= 4 is 10.9 Å². The zero-order valence-corrected chi connectivity index (χ0v) is 16.3. The van der Waals surface area contributed by atoms with Crippen molar-refractivity contribution in [1.29, 1.82) is 5.26 Å². The van der Waals surface area contributed by atoms with Gasteiger partial charge in [-0.25, -0.2) is 0 Å². The van der Waals surface area contributed by atoms with Crippen LogP contribution < -0.4 is 16.0 Å². The minimum Gasteiger partial charge on any atom is -0.508 e. The number of rotatable bonds is 2. The first-order valence-electron chi connectivity index (χ1n) is 9.69. The quantitative estimate of drug-likeness (QED) is 0.525. The fraction of sp³-hybridized carbons (Fsp3) is 0.0400. The molecule has 0 spiro atoms. The van der Waals surface area contributed by atoms with Gasteiger partial charge in [0.05, 0.1) is 17.0 Å². The van der Waals surface area contributed by atoms with E-state index in [9.17, 15) is 15.2 Å². The van der Waals surface area contributed by atoms with Crippen molar-refractivity contribution in [2.75, 3.05) is 0 Å². The summed E-state index contributed by atoms with van der Waals surface area (Å²) in [6.07, 6.45) is 0. The van der Waals surface area contributed by atoms with Crippen molar-refractivity contribution in [1.82, 2.24) is 4.57 Å². The van der Waals surface area contributed by atoms with Crippen LogP contribution in [0.2, 0.25) is 0 Å². The number of nitriles is 1. The lowest BCUT2D eigenvalue weighted by Crippen LogP contribution is -2.31. The maximum absolute atomic E-state index is 13.9. The van der Waals surface area contributed by atoms with E-state index in [1.54, 1.807) is 16.7 Å². The lowest BCUT2D eigenvalue weighted by Gasteiger charge is -2.28. The summed E-state index contributed by atoms with van der Waals surface area (Å²) in [5.74, 6) is -0.314. The monoisotopic (exact) mass is 407 g/mol. The molecule has 0 radical (unpaired) electrons. The number of nitrogens with zero attached hydrogens (tertiary/aromatic N) is 2. The van der Waals surface area contributed by atoms with E-state index in [1.807, 2.05) is 54.6 Å². The Balaban J connectivity index is 1.92. The highest BCUT2D eigenvalue weighted by Crippen LogP contribution is 2.43. The van der Waals surface area contributed by atoms with Gasteiger partial charge in [-0.15, -0.1) is 0 Å². The number of nitrogens with two attached hydrogens (primary N) is 1. The number of para-hydroxylation sites is 2. The Morgan fingerprint density at radius 1 is 0.968 bits per heavy atom. The summed E-state index contributed by atoms with van der Waals surface area (Å²) in [6.45, 7) is 0. The van der Waals surface area contributed by atoms with Crippen molar-refractivity contribution in [2.24, 2.45) is 5.73 Å². The molecule has 1 unspecified atom stereocenters. The lowest BCUT2D eigenvalue weighted by atomic mass is 9.83. The number of phenolic OH excluding ortho intramolecular Hbond substituents is 1. The molecular formula is C25H17N3O3. The first-order valence-corrected chi connectivity index (χ1v) is 9.69. The van der Waals surface area contributed by atoms with Gasteiger partial charge in [0.15, 0.2) is 0 Å². The number of benzene rings is 3. The molecule has 6 heteroatoms. The summed E-state index contributed by atoms with van der Waals surface area (Å²) in [5.41, 5.74) is 8.37. The number of pyridine rings is 1. The van der Waals surface area contributed by atoms with E-state index in [2.05, 4.69) is 6.07 Å². The molecule has 4 aromatic rings. The fourth-order valence-corrected chi connectivity index (χ4v) is 4.10. The molecule has 2 heterocycles. The molecule has 1 aliphatic rings. The minimum atomic E-state index is -0.721. The van der Waals surface area contributed by atoms with Crippen LogP contribution >= 0.6 is 0 Å². The van der Waals surface area contributed by atoms with E-state index >= 15 is 0 Å². The number of hydrogen-bond acceptors (Lipinski definition) is 5. The molecule has 3 aromatic carbocycles. The molecule has 0 saturated heterocycles. The number of aromatic nitrogens is 1. The van der Waals surface area contributed by atoms with Gasteiger partial charge in [0.1, 0.15) is 23.1 Å². The molecule has 3 N–H and O–H groups in total. The van der Waals surface area contributed by atoms with Gasteiger partial charge in [-0.1, -0.05) is 42.5 Å². The predicted octanol–water partition coefficient (Wildman–Crippen LogP) is 3.91. The van der Waals surface area contributed by atoms with Gasteiger partial charge in [-0.2, -0.15) is 5.26 Å². The van der Waals surface area contributed by atoms with Gasteiger partial charge in [-0.3, -0.25) is 9.36 Å². The highest BCUT2D eigenvalue weighted by Gasteiger charge is 2.35. The van der Waals surface area contributed by atoms with Crippen LogP contribution in [0.15, 0.2) is 95.1 Å². The molecule has 150 valence electrons. The van der Waals surface area contributed by atoms with Crippen LogP contribution in [0.3, 0.4) is 0 Å². The van der Waals surface area contributed by atoms with E-state index in [4.69, 9.17) is 10.5 Å². The second-order valence-electron chi connectivity index (χ2n) is 7.25. The number of ether oxygens (including phenoxy) is 1. The maximum Gasteiger partial charge on any atom is 0.263 e. The smallest absolute Gasteiger partial charge is 0.263 e. The Morgan fingerprint density at radius 2 is 1.65 bits per heavy atom. The Hall–Kier alpha value is -4.50. The van der Waals surface area contributed by atoms with Gasteiger partial charge in [0.25, 0.3) is 5.56 Å². The van der Waals surface area contributed by atoms with Crippen molar-refractivity contribution in [3.63, 3.8) is 0 Å². The molecule has 0 fully saturated rings. The SMILES string of the molecule is N#CC1=C(N)Oc2c(c(=O)n(-c3ccccc3)c3ccccc23)C1c1ccc(O)cc1. The molecule has 0 aliphatic carbocycles. The summed E-state index contributed by atoms with van der Waals surface area (Å²) in [4.78, 5) is 13.9. The van der Waals surface area contributed by atoms with Crippen LogP contribution in [0.25, 0.3) is 16.6 Å². The third-order valence-electron chi connectivity index (χ3n) is 5.48. The largest absolute Gasteiger partial charge is 0.508 e. The molecule has 1 atom stereocenters. The average Bonchev–Trinajstić information content (AvgIpc) is 2.80. The molecule has 6 nitrogen and oxygen atoms in total. The number of hydrogen-bond donors (Lipinski definition) is 2. The maximum atomic E-state index is 13.9. The zero-order chi connectivity index (χ0) is 21.5. The number of allylic oxidation sites excluding steroid dienone is 1. The summed E-state index contributed by atoms with van der Waals surface area (Å²) in [5, 5.41) is 20.3. The number of phenols is 1. The molecule has 1 aromatic heterocycles. The minimum absolute atomic E-state index is 0.0323. The van der Waals surface area contributed by atoms with Gasteiger partial charge < -0.3 is 15.6 Å². The molecule has 1 aliphatic heterocycles. The Morgan fingerprint density at radius 3 is 2.35 bits per heavy atom. The second kappa shape index (κ2) is 7.08. The average molecular weight is 407 g/mol. The topological polar surface area (TPSA) is 101 Å². The Kier molecular flexibility index (Phi) is 4.23. The van der Waals surface area contributed by atoms with E-state index in [1.165, 1.54) is 12.1 Å². The van der Waals surface area contributed by atoms with Gasteiger partial charge in [0, 0.05) is 11.1 Å². The molecule has 0 amide bonds. The highest BCUT2D eigenvalue weighted by atomic mass is 16.5. The van der Waals surface area contributed by atoms with Crippen molar-refractivity contribution in [2.45, 2.75) is 5.92 Å². The van der Waals surface area contributed by atoms with E-state index in [-0.39, 0.29) is 22.8 Å². The standard InChI is InChI=1S/C25H17N3O3/c26-14-19-21(15-10-12-17(29)13-11-15)22-23(31-24(19)27)18-8-4-5-9-20(18)28(25(22)30)16-6-2-1-3-7-16/h1-13,21,29H,27H2.